The summed E-state index contributed by atoms with van der Waals surface area (Å²) in [5.41, 5.74) is -2.67. The second-order valence-corrected chi connectivity index (χ2v) is 17.4. The summed E-state index contributed by atoms with van der Waals surface area (Å²) in [7, 11) is 3.43. The number of aliphatic hydroxyl groups is 3. The number of rotatable bonds is 15. The molecule has 0 amide bonds. The molecule has 17 atom stereocenters. The zero-order chi connectivity index (χ0) is 41.0. The number of fused-ring (bicyclic) bond motifs is 2. The molecule has 0 aromatic heterocycles. The molecule has 3 saturated heterocycles. The summed E-state index contributed by atoms with van der Waals surface area (Å²) in [4.78, 5) is 41.2. The van der Waals surface area contributed by atoms with Crippen LogP contribution in [0.5, 0.6) is 0 Å². The van der Waals surface area contributed by atoms with E-state index < -0.39 is 102 Å². The van der Waals surface area contributed by atoms with Crippen molar-refractivity contribution in [3.63, 3.8) is 0 Å². The van der Waals surface area contributed by atoms with E-state index in [1.807, 2.05) is 70.0 Å². The van der Waals surface area contributed by atoms with Crippen LogP contribution in [-0.2, 0) is 49.6 Å². The first-order chi connectivity index (χ1) is 25.7. The van der Waals surface area contributed by atoms with E-state index in [9.17, 15) is 24.9 Å². The largest absolute Gasteiger partial charge is 0.459 e. The molecule has 0 spiro atoms. The first-order valence-corrected chi connectivity index (χ1v) is 20.1. The van der Waals surface area contributed by atoms with Crippen molar-refractivity contribution in [2.75, 3.05) is 14.2 Å². The molecule has 0 aliphatic carbocycles. The smallest absolute Gasteiger partial charge is 0.311 e. The van der Waals surface area contributed by atoms with Crippen molar-refractivity contribution in [3.8, 4) is 0 Å². The summed E-state index contributed by atoms with van der Waals surface area (Å²) in [5.74, 6) is -2.74. The van der Waals surface area contributed by atoms with Crippen molar-refractivity contribution in [1.29, 1.82) is 0 Å². The van der Waals surface area contributed by atoms with Gasteiger partial charge in [-0.3, -0.25) is 9.69 Å². The van der Waals surface area contributed by atoms with E-state index >= 15 is 0 Å². The van der Waals surface area contributed by atoms with Gasteiger partial charge in [-0.1, -0.05) is 58.0 Å². The van der Waals surface area contributed by atoms with E-state index in [0.29, 0.717) is 19.4 Å². The normalized spacial score (nSPS) is 40.1. The van der Waals surface area contributed by atoms with Gasteiger partial charge in [0.1, 0.15) is 30.2 Å². The van der Waals surface area contributed by atoms with Crippen molar-refractivity contribution < 1.29 is 58.4 Å². The maximum Gasteiger partial charge on any atom is 0.311 e. The van der Waals surface area contributed by atoms with Crippen molar-refractivity contribution in [3.05, 3.63) is 35.9 Å². The SMILES string of the molecule is CC[C@@H](O)[C@@](C)(O)[C@@H]1OC(=O)[C@H](C)[C@@H](O[C@H]2CC(C)(OC)[C@@H](O)C(C)O2)[C@H](C)[C@@H](OOC(C)CC(C=O)N(C)Cc2ccccc2)[C@@]2(C)CC(C)C(O2)[C@@H]1C. The summed E-state index contributed by atoms with van der Waals surface area (Å²) in [6, 6.07) is 9.47. The number of aliphatic hydroxyl groups excluding tert-OH is 2. The number of ether oxygens (including phenoxy) is 5. The van der Waals surface area contributed by atoms with E-state index in [0.717, 1.165) is 11.8 Å². The molecule has 3 aliphatic rings. The topological polar surface area (TPSA) is 163 Å². The summed E-state index contributed by atoms with van der Waals surface area (Å²) in [5, 5.41) is 33.7. The van der Waals surface area contributed by atoms with Gasteiger partial charge in [0.05, 0.1) is 53.7 Å². The van der Waals surface area contributed by atoms with Crippen molar-refractivity contribution in [1.82, 2.24) is 4.90 Å². The summed E-state index contributed by atoms with van der Waals surface area (Å²) in [6.45, 7) is 18.7. The molecule has 13 heteroatoms. The molecule has 1 aromatic carbocycles. The highest BCUT2D eigenvalue weighted by Gasteiger charge is 2.58. The lowest BCUT2D eigenvalue weighted by molar-refractivity contribution is -0.389. The van der Waals surface area contributed by atoms with E-state index in [4.69, 9.17) is 33.5 Å². The van der Waals surface area contributed by atoms with E-state index in [1.165, 1.54) is 14.0 Å². The van der Waals surface area contributed by atoms with Crippen LogP contribution in [0, 0.1) is 23.7 Å². The lowest BCUT2D eigenvalue weighted by Crippen LogP contribution is -2.58. The van der Waals surface area contributed by atoms with E-state index in [-0.39, 0.29) is 18.8 Å². The second kappa shape index (κ2) is 18.7. The van der Waals surface area contributed by atoms with Crippen LogP contribution in [0.1, 0.15) is 100 Å². The lowest BCUT2D eigenvalue weighted by Gasteiger charge is -2.47. The highest BCUT2D eigenvalue weighted by molar-refractivity contribution is 5.73. The fraction of sp³-hybridized carbons (Fsp3) is 0.810. The average Bonchev–Trinajstić information content (AvgIpc) is 3.46. The Balaban J connectivity index is 1.69. The molecule has 3 N–H and O–H groups in total. The van der Waals surface area contributed by atoms with Gasteiger partial charge in [0.15, 0.2) is 6.29 Å². The first-order valence-electron chi connectivity index (χ1n) is 20.1. The van der Waals surface area contributed by atoms with Gasteiger partial charge in [0.25, 0.3) is 0 Å². The fourth-order valence-electron chi connectivity index (χ4n) is 9.19. The third kappa shape index (κ3) is 10.2. The van der Waals surface area contributed by atoms with Crippen LogP contribution in [0.4, 0.5) is 0 Å². The number of aldehydes is 1. The highest BCUT2D eigenvalue weighted by Crippen LogP contribution is 2.48. The van der Waals surface area contributed by atoms with Gasteiger partial charge < -0.3 is 43.8 Å². The van der Waals surface area contributed by atoms with Crippen molar-refractivity contribution in [2.24, 2.45) is 23.7 Å². The maximum atomic E-state index is 14.3. The molecule has 4 rings (SSSR count). The molecule has 3 heterocycles. The van der Waals surface area contributed by atoms with Crippen LogP contribution in [0.25, 0.3) is 0 Å². The zero-order valence-corrected chi connectivity index (χ0v) is 35.0. The third-order valence-electron chi connectivity index (χ3n) is 12.7. The molecule has 314 valence electrons. The molecule has 13 nitrogen and oxygen atoms in total. The minimum absolute atomic E-state index is 0.0692. The number of benzene rings is 1. The number of esters is 1. The Kier molecular flexibility index (Phi) is 15.5. The summed E-state index contributed by atoms with van der Waals surface area (Å²) in [6.07, 6.45) is -5.22. The van der Waals surface area contributed by atoms with Gasteiger partial charge in [-0.25, -0.2) is 9.78 Å². The number of nitrogens with zero attached hydrogens (tertiary/aromatic N) is 1. The molecule has 2 bridgehead atoms. The zero-order valence-electron chi connectivity index (χ0n) is 35.0. The minimum Gasteiger partial charge on any atom is -0.459 e. The molecule has 6 unspecified atom stereocenters. The van der Waals surface area contributed by atoms with Gasteiger partial charge in [-0.2, -0.15) is 0 Å². The van der Waals surface area contributed by atoms with Gasteiger partial charge in [-0.05, 0) is 79.3 Å². The Bertz CT molecular complexity index is 1380. The van der Waals surface area contributed by atoms with Crippen LogP contribution < -0.4 is 0 Å². The molecule has 1 aromatic rings. The number of hydrogen-bond acceptors (Lipinski definition) is 13. The minimum atomic E-state index is -1.79. The number of hydrogen-bond donors (Lipinski definition) is 3. The molecule has 55 heavy (non-hydrogen) atoms. The highest BCUT2D eigenvalue weighted by atomic mass is 17.2. The standard InChI is InChI=1S/C42H69NO12/c1-13-32(45)42(10,48)38-26(4)34-24(2)20-41(9,53-34)37(55-54-25(3)19-31(23-44)43(11)22-30-17-15-14-16-18-30)27(5)35(28(6)39(47)52-38)51-33-21-40(8,49-12)36(46)29(7)50-33/h14-18,23-29,31-38,45-46,48H,13,19-22H2,1-12H3/t24?,25?,26-,27-,28+,29?,31?,32+,33-,34?,35-,36-,37+,38+,40?,41+,42+/m0/s1. The Labute approximate surface area is 328 Å². The molecule has 3 fully saturated rings. The fourth-order valence-corrected chi connectivity index (χ4v) is 9.19. The van der Waals surface area contributed by atoms with Crippen LogP contribution in [0.2, 0.25) is 0 Å². The molecule has 0 saturated carbocycles. The second-order valence-electron chi connectivity index (χ2n) is 17.4. The van der Waals surface area contributed by atoms with Crippen LogP contribution in [0.3, 0.4) is 0 Å². The Hall–Kier alpha value is -2.04. The molecule has 0 radical (unpaired) electrons. The number of carbonyl (C=O) groups excluding carboxylic acids is 2. The van der Waals surface area contributed by atoms with Crippen LogP contribution >= 0.6 is 0 Å². The average molecular weight is 780 g/mol. The predicted octanol–water partition coefficient (Wildman–Crippen LogP) is 4.61. The quantitative estimate of drug-likeness (QED) is 0.0981. The maximum absolute atomic E-state index is 14.3. The van der Waals surface area contributed by atoms with E-state index in [2.05, 4.69) is 6.92 Å². The molecule has 3 aliphatic heterocycles. The third-order valence-corrected chi connectivity index (χ3v) is 12.7. The Morgan fingerprint density at radius 1 is 1.09 bits per heavy atom. The van der Waals surface area contributed by atoms with Crippen molar-refractivity contribution >= 4 is 12.3 Å². The van der Waals surface area contributed by atoms with Gasteiger partial charge in [0, 0.05) is 31.9 Å². The summed E-state index contributed by atoms with van der Waals surface area (Å²) < 4.78 is 31.8. The first kappa shape index (κ1) is 45.7. The van der Waals surface area contributed by atoms with Gasteiger partial charge >= 0.3 is 5.97 Å². The Morgan fingerprint density at radius 3 is 2.35 bits per heavy atom. The number of methoxy groups -OCH3 is 1. The van der Waals surface area contributed by atoms with Crippen molar-refractivity contribution in [2.45, 2.75) is 179 Å². The number of carbonyl (C=O) groups is 2. The van der Waals surface area contributed by atoms with Crippen LogP contribution in [0.15, 0.2) is 30.3 Å². The predicted molar refractivity (Wildman–Crippen MR) is 204 cm³/mol. The van der Waals surface area contributed by atoms with Crippen LogP contribution in [-0.4, -0.2) is 125 Å². The summed E-state index contributed by atoms with van der Waals surface area (Å²) >= 11 is 0. The van der Waals surface area contributed by atoms with Gasteiger partial charge in [-0.15, -0.1) is 0 Å². The van der Waals surface area contributed by atoms with Gasteiger partial charge in [0.2, 0.25) is 0 Å². The van der Waals surface area contributed by atoms with E-state index in [1.54, 1.807) is 27.7 Å². The lowest BCUT2D eigenvalue weighted by atomic mass is 9.76. The number of cyclic esters (lactones) is 1. The number of likely N-dealkylation sites (N-methyl/N-ethyl adjacent to an activating group) is 1. The monoisotopic (exact) mass is 779 g/mol. The Morgan fingerprint density at radius 2 is 1.75 bits per heavy atom. The molecular formula is C42H69NO12. The molecular weight excluding hydrogens is 710 g/mol.